The minimum Gasteiger partial charge on any atom is -0.416 e. The van der Waals surface area contributed by atoms with E-state index in [1.54, 1.807) is 0 Å². The summed E-state index contributed by atoms with van der Waals surface area (Å²) < 4.78 is 5.97. The van der Waals surface area contributed by atoms with Gasteiger partial charge in [0, 0.05) is 11.5 Å². The van der Waals surface area contributed by atoms with Crippen LogP contribution in [0.5, 0.6) is 0 Å². The van der Waals surface area contributed by atoms with E-state index in [0.717, 1.165) is 6.42 Å². The molecule has 0 radical (unpaired) electrons. The van der Waals surface area contributed by atoms with Crippen molar-refractivity contribution in [2.24, 2.45) is 5.11 Å². The molecule has 0 aliphatic rings. The first kappa shape index (κ1) is 14.5. The lowest BCUT2D eigenvalue weighted by Gasteiger charge is -2.36. The molecule has 1 atom stereocenters. The van der Waals surface area contributed by atoms with Crippen LogP contribution in [0.3, 0.4) is 0 Å². The van der Waals surface area contributed by atoms with Gasteiger partial charge in [-0.2, -0.15) is 0 Å². The topological polar surface area (TPSA) is 58.0 Å². The normalized spacial score (nSPS) is 14.5. The average Bonchev–Trinajstić information content (AvgIpc) is 2.10. The fraction of sp³-hybridized carbons (Fsp3) is 1.00. The molecular weight excluding hydrogens is 206 g/mol. The molecule has 0 fully saturated rings. The third kappa shape index (κ3) is 4.69. The molecule has 0 saturated heterocycles. The van der Waals surface area contributed by atoms with Gasteiger partial charge in [-0.25, -0.2) is 0 Å². The van der Waals surface area contributed by atoms with Crippen molar-refractivity contribution >= 4 is 8.32 Å². The molecule has 0 bridgehead atoms. The maximum Gasteiger partial charge on any atom is 0.191 e. The Hall–Kier alpha value is -0.513. The fourth-order valence-corrected chi connectivity index (χ4v) is 1.87. The summed E-state index contributed by atoms with van der Waals surface area (Å²) >= 11 is 0. The van der Waals surface area contributed by atoms with E-state index in [4.69, 9.17) is 9.96 Å². The molecule has 4 nitrogen and oxygen atoms in total. The summed E-state index contributed by atoms with van der Waals surface area (Å²) in [5, 5.41) is 3.92. The van der Waals surface area contributed by atoms with Crippen LogP contribution < -0.4 is 0 Å². The Morgan fingerprint density at radius 1 is 1.40 bits per heavy atom. The molecule has 1 unspecified atom stereocenters. The van der Waals surface area contributed by atoms with Gasteiger partial charge in [0.15, 0.2) is 8.32 Å². The SMILES string of the molecule is CCC(CO[Si](C)(C)C(C)(C)C)N=[N+]=[N-]. The largest absolute Gasteiger partial charge is 0.416 e. The highest BCUT2D eigenvalue weighted by molar-refractivity contribution is 6.74. The van der Waals surface area contributed by atoms with Gasteiger partial charge in [-0.1, -0.05) is 32.8 Å². The second-order valence-corrected chi connectivity index (χ2v) is 10.1. The molecule has 0 amide bonds. The van der Waals surface area contributed by atoms with Crippen molar-refractivity contribution in [3.05, 3.63) is 10.4 Å². The van der Waals surface area contributed by atoms with E-state index in [9.17, 15) is 0 Å². The summed E-state index contributed by atoms with van der Waals surface area (Å²) in [5.41, 5.74) is 8.37. The average molecular weight is 229 g/mol. The zero-order chi connectivity index (χ0) is 12.1. The third-order valence-corrected chi connectivity index (χ3v) is 7.63. The molecular formula is C10H23N3OSi. The molecule has 0 aromatic heterocycles. The van der Waals surface area contributed by atoms with Crippen molar-refractivity contribution in [3.8, 4) is 0 Å². The maximum absolute atomic E-state index is 8.37. The summed E-state index contributed by atoms with van der Waals surface area (Å²) in [7, 11) is -1.70. The first-order chi connectivity index (χ1) is 6.74. The number of hydrogen-bond donors (Lipinski definition) is 0. The van der Waals surface area contributed by atoms with Crippen molar-refractivity contribution in [2.75, 3.05) is 6.61 Å². The van der Waals surface area contributed by atoms with Gasteiger partial charge >= 0.3 is 0 Å². The maximum atomic E-state index is 8.37. The monoisotopic (exact) mass is 229 g/mol. The Bertz CT molecular complexity index is 242. The van der Waals surface area contributed by atoms with Gasteiger partial charge in [-0.3, -0.25) is 0 Å². The van der Waals surface area contributed by atoms with Crippen molar-refractivity contribution in [2.45, 2.75) is 58.3 Å². The lowest BCUT2D eigenvalue weighted by molar-refractivity contribution is 0.260. The second-order valence-electron chi connectivity index (χ2n) is 5.34. The summed E-state index contributed by atoms with van der Waals surface area (Å²) in [5.74, 6) is 0. The Labute approximate surface area is 93.8 Å². The molecule has 0 N–H and O–H groups in total. The first-order valence-corrected chi connectivity index (χ1v) is 8.33. The van der Waals surface area contributed by atoms with E-state index in [1.807, 2.05) is 6.92 Å². The molecule has 5 heteroatoms. The smallest absolute Gasteiger partial charge is 0.191 e. The predicted molar refractivity (Wildman–Crippen MR) is 66.4 cm³/mol. The Kier molecular flexibility index (Phi) is 5.35. The highest BCUT2D eigenvalue weighted by Crippen LogP contribution is 2.36. The van der Waals surface area contributed by atoms with Crippen molar-refractivity contribution < 1.29 is 4.43 Å². The quantitative estimate of drug-likeness (QED) is 0.303. The fourth-order valence-electron chi connectivity index (χ4n) is 0.827. The molecule has 0 aliphatic carbocycles. The van der Waals surface area contributed by atoms with Crippen LogP contribution in [0.25, 0.3) is 10.4 Å². The molecule has 15 heavy (non-hydrogen) atoms. The Balaban J connectivity index is 4.30. The minimum absolute atomic E-state index is 0.0240. The zero-order valence-electron chi connectivity index (χ0n) is 10.7. The molecule has 0 aromatic carbocycles. The number of nitrogens with zero attached hydrogens (tertiary/aromatic N) is 3. The summed E-state index contributed by atoms with van der Waals surface area (Å²) in [6.07, 6.45) is 0.832. The standard InChI is InChI=1S/C10H23N3OSi/c1-7-9(12-13-11)8-14-15(5,6)10(2,3)4/h9H,7-8H2,1-6H3. The van der Waals surface area contributed by atoms with Gasteiger partial charge in [-0.15, -0.1) is 0 Å². The van der Waals surface area contributed by atoms with Gasteiger partial charge in [0.1, 0.15) is 0 Å². The van der Waals surface area contributed by atoms with E-state index in [1.165, 1.54) is 0 Å². The van der Waals surface area contributed by atoms with Gasteiger partial charge in [0.05, 0.1) is 6.04 Å². The van der Waals surface area contributed by atoms with Crippen molar-refractivity contribution in [1.29, 1.82) is 0 Å². The van der Waals surface area contributed by atoms with E-state index < -0.39 is 8.32 Å². The Morgan fingerprint density at radius 3 is 2.27 bits per heavy atom. The molecule has 0 saturated carbocycles. The van der Waals surface area contributed by atoms with Gasteiger partial charge < -0.3 is 4.43 Å². The van der Waals surface area contributed by atoms with Gasteiger partial charge in [0.25, 0.3) is 0 Å². The molecule has 0 rings (SSSR count). The summed E-state index contributed by atoms with van der Waals surface area (Å²) in [6.45, 7) is 13.6. The third-order valence-electron chi connectivity index (χ3n) is 3.13. The van der Waals surface area contributed by atoms with Crippen LogP contribution in [0.1, 0.15) is 34.1 Å². The molecule has 0 aromatic rings. The van der Waals surface area contributed by atoms with Crippen molar-refractivity contribution in [1.82, 2.24) is 0 Å². The van der Waals surface area contributed by atoms with E-state index in [2.05, 4.69) is 43.9 Å². The number of hydrogen-bond acceptors (Lipinski definition) is 2. The number of rotatable bonds is 5. The van der Waals surface area contributed by atoms with Crippen LogP contribution in [0.15, 0.2) is 5.11 Å². The molecule has 0 heterocycles. The number of azide groups is 1. The molecule has 0 spiro atoms. The first-order valence-electron chi connectivity index (χ1n) is 5.42. The van der Waals surface area contributed by atoms with Gasteiger partial charge in [-0.05, 0) is 30.1 Å². The van der Waals surface area contributed by atoms with Crippen LogP contribution >= 0.6 is 0 Å². The van der Waals surface area contributed by atoms with Crippen LogP contribution in [0.4, 0.5) is 0 Å². The van der Waals surface area contributed by atoms with E-state index in [0.29, 0.717) is 6.61 Å². The lowest BCUT2D eigenvalue weighted by Crippen LogP contribution is -2.42. The van der Waals surface area contributed by atoms with Gasteiger partial charge in [0.2, 0.25) is 0 Å². The summed E-state index contributed by atoms with van der Waals surface area (Å²) in [6, 6.07) is -0.0240. The summed E-state index contributed by atoms with van der Waals surface area (Å²) in [4.78, 5) is 2.83. The highest BCUT2D eigenvalue weighted by atomic mass is 28.4. The molecule has 0 aliphatic heterocycles. The van der Waals surface area contributed by atoms with E-state index in [-0.39, 0.29) is 11.1 Å². The molecule has 88 valence electrons. The van der Waals surface area contributed by atoms with Crippen LogP contribution in [0.2, 0.25) is 18.1 Å². The lowest BCUT2D eigenvalue weighted by atomic mass is 10.2. The van der Waals surface area contributed by atoms with E-state index >= 15 is 0 Å². The van der Waals surface area contributed by atoms with Crippen molar-refractivity contribution in [3.63, 3.8) is 0 Å². The zero-order valence-corrected chi connectivity index (χ0v) is 11.7. The van der Waals surface area contributed by atoms with Crippen LogP contribution in [-0.4, -0.2) is 21.0 Å². The van der Waals surface area contributed by atoms with Crippen LogP contribution in [0, 0.1) is 0 Å². The Morgan fingerprint density at radius 2 is 1.93 bits per heavy atom. The van der Waals surface area contributed by atoms with Crippen LogP contribution in [-0.2, 0) is 4.43 Å². The highest BCUT2D eigenvalue weighted by Gasteiger charge is 2.37. The minimum atomic E-state index is -1.70. The second kappa shape index (κ2) is 5.54. The predicted octanol–water partition coefficient (Wildman–Crippen LogP) is 4.10.